The molecule has 0 saturated heterocycles. The van der Waals surface area contributed by atoms with Crippen LogP contribution in [-0.2, 0) is 18.4 Å². The zero-order chi connectivity index (χ0) is 20.7. The lowest BCUT2D eigenvalue weighted by Gasteiger charge is -1.98. The van der Waals surface area contributed by atoms with Crippen molar-refractivity contribution in [3.8, 4) is 0 Å². The van der Waals surface area contributed by atoms with Crippen LogP contribution in [-0.4, -0.2) is 19.1 Å². The fraction of sp³-hybridized carbons (Fsp3) is 0.500. The molecule has 0 aromatic rings. The molecule has 6 heteroatoms. The molecular weight excluding hydrogens is 373 g/mol. The van der Waals surface area contributed by atoms with E-state index < -0.39 is 7.91 Å². The van der Waals surface area contributed by atoms with E-state index in [0.29, 0.717) is 0 Å². The number of hydrogen-bond donors (Lipinski definition) is 1. The maximum Gasteiger partial charge on any atom is 0.468 e. The second-order valence-electron chi connectivity index (χ2n) is 6.20. The van der Waals surface area contributed by atoms with Crippen LogP contribution in [0.5, 0.6) is 0 Å². The summed E-state index contributed by atoms with van der Waals surface area (Å²) >= 11 is 0. The van der Waals surface area contributed by atoms with Gasteiger partial charge in [-0.3, -0.25) is 9.32 Å². The number of rotatable bonds is 17. The third-order valence-corrected chi connectivity index (χ3v) is 4.13. The van der Waals surface area contributed by atoms with Gasteiger partial charge in [0.25, 0.3) is 0 Å². The third-order valence-electron chi connectivity index (χ3n) is 3.73. The molecule has 0 spiro atoms. The van der Waals surface area contributed by atoms with Gasteiger partial charge < -0.3 is 5.32 Å². The molecule has 0 aliphatic carbocycles. The Balaban J connectivity index is 3.66. The highest BCUT2D eigenvalue weighted by atomic mass is 31.1. The van der Waals surface area contributed by atoms with E-state index in [9.17, 15) is 13.9 Å². The highest BCUT2D eigenvalue weighted by Gasteiger charge is 1.95. The summed E-state index contributed by atoms with van der Waals surface area (Å²) in [7, 11) is -2.86. The highest BCUT2D eigenvalue weighted by molar-refractivity contribution is 7.24. The van der Waals surface area contributed by atoms with E-state index in [1.54, 1.807) is 12.2 Å². The first-order valence-corrected chi connectivity index (χ1v) is 11.1. The van der Waals surface area contributed by atoms with Crippen LogP contribution in [0.3, 0.4) is 0 Å². The average Bonchev–Trinajstić information content (AvgIpc) is 2.67. The zero-order valence-corrected chi connectivity index (χ0v) is 17.8. The number of allylic oxidation sites excluding steroid dienone is 9. The SMILES string of the molecule is CCCCCCCCCC=CC=CC=CC=CC=CC(=O)NCCOP(=O)=O. The van der Waals surface area contributed by atoms with Gasteiger partial charge in [0.05, 0.1) is 6.61 Å². The van der Waals surface area contributed by atoms with Gasteiger partial charge in [0.15, 0.2) is 0 Å². The van der Waals surface area contributed by atoms with Gasteiger partial charge in [0.2, 0.25) is 5.91 Å². The number of amides is 1. The average molecular weight is 407 g/mol. The molecule has 5 nitrogen and oxygen atoms in total. The van der Waals surface area contributed by atoms with E-state index in [4.69, 9.17) is 0 Å². The Hall–Kier alpha value is -1.97. The first-order chi connectivity index (χ1) is 13.7. The van der Waals surface area contributed by atoms with Crippen LogP contribution in [0.15, 0.2) is 60.8 Å². The highest BCUT2D eigenvalue weighted by Crippen LogP contribution is 2.08. The predicted octanol–water partition coefficient (Wildman–Crippen LogP) is 6.13. The fourth-order valence-corrected chi connectivity index (χ4v) is 2.52. The summed E-state index contributed by atoms with van der Waals surface area (Å²) in [5.41, 5.74) is 0. The van der Waals surface area contributed by atoms with E-state index in [1.807, 2.05) is 30.4 Å². The molecule has 0 saturated carbocycles. The van der Waals surface area contributed by atoms with Crippen molar-refractivity contribution < 1.29 is 18.4 Å². The van der Waals surface area contributed by atoms with Crippen molar-refractivity contribution in [1.82, 2.24) is 5.32 Å². The van der Waals surface area contributed by atoms with Gasteiger partial charge in [-0.2, -0.15) is 0 Å². The van der Waals surface area contributed by atoms with Crippen molar-refractivity contribution in [3.63, 3.8) is 0 Å². The van der Waals surface area contributed by atoms with Crippen LogP contribution in [0.2, 0.25) is 0 Å². The number of nitrogens with one attached hydrogen (secondary N) is 1. The quantitative estimate of drug-likeness (QED) is 0.136. The Morgan fingerprint density at radius 2 is 1.39 bits per heavy atom. The maximum atomic E-state index is 11.4. The van der Waals surface area contributed by atoms with Gasteiger partial charge in [-0.15, -0.1) is 0 Å². The van der Waals surface area contributed by atoms with Gasteiger partial charge in [-0.1, -0.05) is 100 Å². The summed E-state index contributed by atoms with van der Waals surface area (Å²) < 4.78 is 24.6. The molecule has 0 atom stereocenters. The zero-order valence-electron chi connectivity index (χ0n) is 16.9. The topological polar surface area (TPSA) is 72.5 Å². The Morgan fingerprint density at radius 1 is 0.821 bits per heavy atom. The van der Waals surface area contributed by atoms with Crippen molar-refractivity contribution >= 4 is 13.8 Å². The van der Waals surface area contributed by atoms with E-state index >= 15 is 0 Å². The van der Waals surface area contributed by atoms with Crippen LogP contribution in [0, 0.1) is 0 Å². The molecule has 0 aliphatic heterocycles. The lowest BCUT2D eigenvalue weighted by molar-refractivity contribution is -0.116. The Labute approximate surface area is 170 Å². The molecule has 1 N–H and O–H groups in total. The molecule has 0 fully saturated rings. The van der Waals surface area contributed by atoms with Crippen LogP contribution in [0.25, 0.3) is 0 Å². The Morgan fingerprint density at radius 3 is 2.04 bits per heavy atom. The van der Waals surface area contributed by atoms with Crippen molar-refractivity contribution in [3.05, 3.63) is 60.8 Å². The van der Waals surface area contributed by atoms with Crippen LogP contribution in [0.1, 0.15) is 58.3 Å². The Bertz CT molecular complexity index is 594. The van der Waals surface area contributed by atoms with E-state index in [-0.39, 0.29) is 19.1 Å². The first-order valence-electron chi connectivity index (χ1n) is 10.0. The summed E-state index contributed by atoms with van der Waals surface area (Å²) in [5.74, 6) is -0.302. The molecule has 0 aromatic carbocycles. The summed E-state index contributed by atoms with van der Waals surface area (Å²) in [5, 5.41) is 2.50. The molecule has 0 aliphatic rings. The molecule has 0 aromatic heterocycles. The third kappa shape index (κ3) is 22.1. The Kier molecular flexibility index (Phi) is 19.8. The van der Waals surface area contributed by atoms with E-state index in [2.05, 4.69) is 28.9 Å². The van der Waals surface area contributed by atoms with Gasteiger partial charge in [-0.25, -0.2) is 9.13 Å². The predicted molar refractivity (Wildman–Crippen MR) is 116 cm³/mol. The molecule has 156 valence electrons. The molecule has 28 heavy (non-hydrogen) atoms. The summed E-state index contributed by atoms with van der Waals surface area (Å²) in [4.78, 5) is 11.4. The van der Waals surface area contributed by atoms with E-state index in [0.717, 1.165) is 6.42 Å². The van der Waals surface area contributed by atoms with Crippen molar-refractivity contribution in [2.75, 3.05) is 13.2 Å². The summed E-state index contributed by atoms with van der Waals surface area (Å²) in [6.45, 7) is 2.33. The van der Waals surface area contributed by atoms with Gasteiger partial charge in [0.1, 0.15) is 0 Å². The minimum Gasteiger partial charge on any atom is -0.350 e. The number of unbranched alkanes of at least 4 members (excludes halogenated alkanes) is 7. The minimum absolute atomic E-state index is 0.0588. The normalized spacial score (nSPS) is 12.3. The smallest absolute Gasteiger partial charge is 0.350 e. The molecule has 1 amide bonds. The van der Waals surface area contributed by atoms with Crippen molar-refractivity contribution in [2.24, 2.45) is 0 Å². The molecule has 0 unspecified atom stereocenters. The van der Waals surface area contributed by atoms with Crippen molar-refractivity contribution in [2.45, 2.75) is 58.3 Å². The van der Waals surface area contributed by atoms with Crippen LogP contribution < -0.4 is 5.32 Å². The second-order valence-corrected chi connectivity index (χ2v) is 6.91. The minimum atomic E-state index is -2.86. The van der Waals surface area contributed by atoms with Gasteiger partial charge in [0, 0.05) is 12.6 Å². The van der Waals surface area contributed by atoms with Crippen LogP contribution >= 0.6 is 7.91 Å². The fourth-order valence-electron chi connectivity index (χ4n) is 2.28. The lowest BCUT2D eigenvalue weighted by Crippen LogP contribution is -2.24. The van der Waals surface area contributed by atoms with Crippen LogP contribution in [0.4, 0.5) is 0 Å². The largest absolute Gasteiger partial charge is 0.468 e. The monoisotopic (exact) mass is 407 g/mol. The molecule has 0 heterocycles. The number of hydrogen-bond acceptors (Lipinski definition) is 4. The van der Waals surface area contributed by atoms with E-state index in [1.165, 1.54) is 51.0 Å². The summed E-state index contributed by atoms with van der Waals surface area (Å²) in [6, 6.07) is 0. The standard InChI is InChI=1S/C22H34NO4P/c1-2-3-4-5-6-7-8-9-10-11-12-13-14-15-16-17-18-19-22(24)23-20-21-27-28(25)26/h10-19H,2-9,20-21H2,1H3,(H,23,24). The second kappa shape index (κ2) is 21.3. The molecule has 0 rings (SSSR count). The van der Waals surface area contributed by atoms with Gasteiger partial charge in [-0.05, 0) is 12.8 Å². The van der Waals surface area contributed by atoms with Gasteiger partial charge >= 0.3 is 7.91 Å². The molecule has 0 bridgehead atoms. The molecule has 0 radical (unpaired) electrons. The summed E-state index contributed by atoms with van der Waals surface area (Å²) in [6.07, 6.45) is 29.1. The maximum absolute atomic E-state index is 11.4. The first kappa shape index (κ1) is 26.0. The number of carbonyl (C=O) groups excluding carboxylic acids is 1. The number of carbonyl (C=O) groups is 1. The van der Waals surface area contributed by atoms with Crippen molar-refractivity contribution in [1.29, 1.82) is 0 Å². The molecular formula is C22H34NO4P. The lowest BCUT2D eigenvalue weighted by atomic mass is 10.1.